The van der Waals surface area contributed by atoms with Gasteiger partial charge in [-0.25, -0.2) is 4.79 Å². The summed E-state index contributed by atoms with van der Waals surface area (Å²) >= 11 is 0. The second-order valence-corrected chi connectivity index (χ2v) is 17.4. The van der Waals surface area contributed by atoms with Gasteiger partial charge in [0.05, 0.1) is 34.4 Å². The molecule has 0 aromatic carbocycles. The number of hydrogen-bond donors (Lipinski definition) is 1. The molecule has 9 heteroatoms. The highest BCUT2D eigenvalue weighted by Crippen LogP contribution is 2.15. The summed E-state index contributed by atoms with van der Waals surface area (Å²) in [6.45, 7) is 4.74. The smallest absolute Gasteiger partial charge is 0.361 e. The third-order valence-electron chi connectivity index (χ3n) is 10.3. The zero-order chi connectivity index (χ0) is 44.9. The lowest BCUT2D eigenvalue weighted by Crippen LogP contribution is -2.40. The average Bonchev–Trinajstić information content (AvgIpc) is 3.22. The lowest BCUT2D eigenvalue weighted by molar-refractivity contribution is -0.870. The van der Waals surface area contributed by atoms with Gasteiger partial charge in [0.15, 0.2) is 6.10 Å². The van der Waals surface area contributed by atoms with E-state index in [1.54, 1.807) is 0 Å². The molecule has 0 fully saturated rings. The lowest BCUT2D eigenvalue weighted by atomic mass is 10.1. The SMILES string of the molecule is CC/C=C\C/C=C\C/C=C\C/C=C\C/C=C\CCCCCCCCCCCC(=O)OC(COC(=O)CCCCCCCCCCCCC)COC(OCC[N+](C)(C)C)C(=O)O. The van der Waals surface area contributed by atoms with Gasteiger partial charge < -0.3 is 28.5 Å². The molecule has 0 saturated heterocycles. The third-order valence-corrected chi connectivity index (χ3v) is 10.3. The maximum atomic E-state index is 12.8. The van der Waals surface area contributed by atoms with Crippen LogP contribution in [0.3, 0.4) is 0 Å². The highest BCUT2D eigenvalue weighted by Gasteiger charge is 2.25. The van der Waals surface area contributed by atoms with Crippen LogP contribution >= 0.6 is 0 Å². The van der Waals surface area contributed by atoms with Crippen molar-refractivity contribution >= 4 is 17.9 Å². The first-order valence-corrected chi connectivity index (χ1v) is 24.5. The van der Waals surface area contributed by atoms with Gasteiger partial charge in [-0.3, -0.25) is 9.59 Å². The third kappa shape index (κ3) is 44.8. The first-order chi connectivity index (χ1) is 29.6. The minimum atomic E-state index is -1.51. The van der Waals surface area contributed by atoms with Gasteiger partial charge in [0.2, 0.25) is 0 Å². The molecule has 1 N–H and O–H groups in total. The molecule has 9 nitrogen and oxygen atoms in total. The van der Waals surface area contributed by atoms with Gasteiger partial charge >= 0.3 is 17.9 Å². The molecule has 0 amide bonds. The molecule has 0 aromatic rings. The lowest BCUT2D eigenvalue weighted by Gasteiger charge is -2.25. The molecule has 0 saturated carbocycles. The summed E-state index contributed by atoms with van der Waals surface area (Å²) in [6.07, 6.45) is 50.0. The molecule has 0 spiro atoms. The zero-order valence-electron chi connectivity index (χ0n) is 39.8. The molecule has 0 aliphatic rings. The number of allylic oxidation sites excluding steroid dienone is 10. The standard InChI is InChI=1S/C52H91NO8/c1-6-8-10-12-14-16-18-19-20-21-22-23-24-25-26-27-28-29-30-31-33-35-37-39-41-43-50(55)61-48(47-60-52(51(56)57)58-45-44-53(3,4)5)46-59-49(54)42-40-38-36-34-32-17-15-13-11-9-7-2/h8,10,14,16,19-20,22-23,25-26,48,52H,6-7,9,11-13,15,17-18,21,24,27-47H2,1-5H3/p+1/b10-8-,16-14-,20-19-,23-22-,26-25-. The van der Waals surface area contributed by atoms with E-state index in [4.69, 9.17) is 18.9 Å². The van der Waals surface area contributed by atoms with Crippen LogP contribution in [0, 0.1) is 0 Å². The number of carboxylic acids is 1. The fourth-order valence-corrected chi connectivity index (χ4v) is 6.51. The molecular weight excluding hydrogens is 767 g/mol. The van der Waals surface area contributed by atoms with E-state index < -0.39 is 24.3 Å². The predicted octanol–water partition coefficient (Wildman–Crippen LogP) is 13.3. The van der Waals surface area contributed by atoms with Gasteiger partial charge in [0.25, 0.3) is 6.29 Å². The number of quaternary nitrogens is 1. The number of rotatable bonds is 44. The zero-order valence-corrected chi connectivity index (χ0v) is 39.8. The molecule has 0 rings (SSSR count). The van der Waals surface area contributed by atoms with Crippen molar-refractivity contribution in [1.82, 2.24) is 0 Å². The van der Waals surface area contributed by atoms with Crippen LogP contribution in [0.4, 0.5) is 0 Å². The number of carbonyl (C=O) groups excluding carboxylic acids is 2. The molecule has 0 radical (unpaired) electrons. The van der Waals surface area contributed by atoms with E-state index in [0.717, 1.165) is 77.0 Å². The number of unbranched alkanes of at least 4 members (excludes halogenated alkanes) is 19. The first-order valence-electron chi connectivity index (χ1n) is 24.5. The summed E-state index contributed by atoms with van der Waals surface area (Å²) in [5.74, 6) is -2.02. The summed E-state index contributed by atoms with van der Waals surface area (Å²) in [7, 11) is 5.95. The molecule has 0 heterocycles. The molecule has 0 aliphatic heterocycles. The van der Waals surface area contributed by atoms with Crippen molar-refractivity contribution in [2.75, 3.05) is 47.5 Å². The molecule has 2 unspecified atom stereocenters. The Bertz CT molecular complexity index is 1180. The Morgan fingerprint density at radius 1 is 0.508 bits per heavy atom. The fraction of sp³-hybridized carbons (Fsp3) is 0.750. The summed E-state index contributed by atoms with van der Waals surface area (Å²) in [5, 5.41) is 9.64. The van der Waals surface area contributed by atoms with Crippen molar-refractivity contribution < 1.29 is 42.9 Å². The number of ether oxygens (including phenoxy) is 4. The molecule has 0 bridgehead atoms. The predicted molar refractivity (Wildman–Crippen MR) is 253 cm³/mol. The van der Waals surface area contributed by atoms with E-state index in [1.165, 1.54) is 83.5 Å². The van der Waals surface area contributed by atoms with Gasteiger partial charge in [-0.15, -0.1) is 0 Å². The molecule has 0 aliphatic carbocycles. The van der Waals surface area contributed by atoms with Crippen molar-refractivity contribution in [2.45, 2.75) is 206 Å². The Kier molecular flexibility index (Phi) is 41.5. The second kappa shape index (κ2) is 43.6. The van der Waals surface area contributed by atoms with E-state index >= 15 is 0 Å². The average molecular weight is 859 g/mol. The van der Waals surface area contributed by atoms with Crippen LogP contribution < -0.4 is 0 Å². The second-order valence-electron chi connectivity index (χ2n) is 17.4. The number of nitrogens with zero attached hydrogens (tertiary/aromatic N) is 1. The van der Waals surface area contributed by atoms with Crippen LogP contribution in [0.15, 0.2) is 60.8 Å². The van der Waals surface area contributed by atoms with Gasteiger partial charge in [-0.05, 0) is 57.8 Å². The van der Waals surface area contributed by atoms with E-state index in [-0.39, 0.29) is 32.2 Å². The maximum absolute atomic E-state index is 12.8. The van der Waals surface area contributed by atoms with Crippen LogP contribution in [0.25, 0.3) is 0 Å². The van der Waals surface area contributed by atoms with Crippen molar-refractivity contribution in [2.24, 2.45) is 0 Å². The summed E-state index contributed by atoms with van der Waals surface area (Å²) in [6, 6.07) is 0. The van der Waals surface area contributed by atoms with Crippen molar-refractivity contribution in [3.8, 4) is 0 Å². The number of esters is 2. The molecule has 0 aromatic heterocycles. The van der Waals surface area contributed by atoms with Crippen molar-refractivity contribution in [3.63, 3.8) is 0 Å². The van der Waals surface area contributed by atoms with Crippen molar-refractivity contribution in [1.29, 1.82) is 0 Å². The Morgan fingerprint density at radius 2 is 0.934 bits per heavy atom. The number of hydrogen-bond acceptors (Lipinski definition) is 7. The summed E-state index contributed by atoms with van der Waals surface area (Å²) in [4.78, 5) is 37.1. The summed E-state index contributed by atoms with van der Waals surface area (Å²) in [5.41, 5.74) is 0. The quantitative estimate of drug-likeness (QED) is 0.0212. The van der Waals surface area contributed by atoms with E-state index in [1.807, 2.05) is 21.1 Å². The Hall–Kier alpha value is -3.01. The van der Waals surface area contributed by atoms with E-state index in [0.29, 0.717) is 23.9 Å². The van der Waals surface area contributed by atoms with Crippen LogP contribution in [-0.2, 0) is 33.3 Å². The van der Waals surface area contributed by atoms with Crippen LogP contribution in [-0.4, -0.2) is 87.4 Å². The number of carboxylic acid groups (broad SMARTS) is 1. The highest BCUT2D eigenvalue weighted by molar-refractivity contribution is 5.71. The topological polar surface area (TPSA) is 108 Å². The summed E-state index contributed by atoms with van der Waals surface area (Å²) < 4.78 is 22.7. The van der Waals surface area contributed by atoms with Crippen LogP contribution in [0.5, 0.6) is 0 Å². The maximum Gasteiger partial charge on any atom is 0.361 e. The number of carbonyl (C=O) groups is 3. The minimum Gasteiger partial charge on any atom is -0.477 e. The number of likely N-dealkylation sites (N-methyl/N-ethyl adjacent to an activating group) is 1. The monoisotopic (exact) mass is 859 g/mol. The largest absolute Gasteiger partial charge is 0.477 e. The Balaban J connectivity index is 4.31. The van der Waals surface area contributed by atoms with E-state index in [2.05, 4.69) is 74.6 Å². The van der Waals surface area contributed by atoms with Gasteiger partial charge in [0.1, 0.15) is 13.2 Å². The van der Waals surface area contributed by atoms with Gasteiger partial charge in [-0.2, -0.15) is 0 Å². The fourth-order valence-electron chi connectivity index (χ4n) is 6.51. The van der Waals surface area contributed by atoms with Crippen LogP contribution in [0.2, 0.25) is 0 Å². The highest BCUT2D eigenvalue weighted by atomic mass is 16.7. The molecule has 2 atom stereocenters. The van der Waals surface area contributed by atoms with Gasteiger partial charge in [0, 0.05) is 12.8 Å². The number of aliphatic carboxylic acids is 1. The van der Waals surface area contributed by atoms with E-state index in [9.17, 15) is 19.5 Å². The molecular formula is C52H92NO8+. The first kappa shape index (κ1) is 58.0. The van der Waals surface area contributed by atoms with Crippen molar-refractivity contribution in [3.05, 3.63) is 60.8 Å². The van der Waals surface area contributed by atoms with Gasteiger partial charge in [-0.1, -0.05) is 184 Å². The minimum absolute atomic E-state index is 0.184. The normalized spacial score (nSPS) is 13.4. The van der Waals surface area contributed by atoms with Crippen LogP contribution in [0.1, 0.15) is 194 Å². The molecule has 352 valence electrons. The Labute approximate surface area is 374 Å². The molecule has 61 heavy (non-hydrogen) atoms. The Morgan fingerprint density at radius 3 is 1.39 bits per heavy atom.